The summed E-state index contributed by atoms with van der Waals surface area (Å²) in [5, 5.41) is 0. The number of benzene rings is 1. The van der Waals surface area contributed by atoms with Crippen LogP contribution in [0.4, 0.5) is 13.2 Å². The highest BCUT2D eigenvalue weighted by Crippen LogP contribution is 2.38. The van der Waals surface area contributed by atoms with Crippen molar-refractivity contribution in [1.29, 1.82) is 0 Å². The van der Waals surface area contributed by atoms with Crippen LogP contribution in [0.1, 0.15) is 56.1 Å². The molecule has 26 heavy (non-hydrogen) atoms. The second-order valence-electron chi connectivity index (χ2n) is 7.49. The quantitative estimate of drug-likeness (QED) is 0.497. The minimum Gasteiger partial charge on any atom is -0.489 e. The number of halogens is 3. The lowest BCUT2D eigenvalue weighted by Crippen LogP contribution is -2.21. The van der Waals surface area contributed by atoms with E-state index < -0.39 is 6.36 Å². The van der Waals surface area contributed by atoms with Gasteiger partial charge in [-0.15, -0.1) is 13.2 Å². The van der Waals surface area contributed by atoms with Crippen LogP contribution >= 0.6 is 0 Å². The molecular weight excluding hydrogens is 341 g/mol. The number of allylic oxidation sites excluding steroid dienone is 2. The minimum atomic E-state index is -4.72. The molecule has 0 aromatic heterocycles. The molecule has 0 radical (unpaired) electrons. The van der Waals surface area contributed by atoms with Gasteiger partial charge in [-0.2, -0.15) is 0 Å². The molecule has 2 aliphatic rings. The van der Waals surface area contributed by atoms with Crippen molar-refractivity contribution in [3.8, 4) is 11.5 Å². The standard InChI is InChI=1S/C21H27F3O2/c1-15-18(11-3-2-6-16-7-4-8-16)12-13-19(20(15)26-21(22,23)24)25-14-17-9-5-10-17/h2,6,12-13,16-17H,3-5,7-11,14H2,1H3/b6-2+. The lowest BCUT2D eigenvalue weighted by atomic mass is 9.85. The van der Waals surface area contributed by atoms with E-state index in [-0.39, 0.29) is 11.5 Å². The maximum atomic E-state index is 12.9. The first kappa shape index (κ1) is 19.1. The molecule has 144 valence electrons. The molecule has 1 aromatic rings. The van der Waals surface area contributed by atoms with E-state index in [0.29, 0.717) is 30.4 Å². The first-order valence-electron chi connectivity index (χ1n) is 9.60. The zero-order valence-corrected chi connectivity index (χ0v) is 15.3. The van der Waals surface area contributed by atoms with E-state index in [2.05, 4.69) is 16.9 Å². The summed E-state index contributed by atoms with van der Waals surface area (Å²) in [5.41, 5.74) is 1.39. The summed E-state index contributed by atoms with van der Waals surface area (Å²) in [5.74, 6) is 1.16. The maximum Gasteiger partial charge on any atom is 0.573 e. The smallest absolute Gasteiger partial charge is 0.489 e. The average Bonchev–Trinajstić information content (AvgIpc) is 2.47. The highest BCUT2D eigenvalue weighted by Gasteiger charge is 2.34. The Morgan fingerprint density at radius 3 is 2.42 bits per heavy atom. The van der Waals surface area contributed by atoms with Crippen molar-refractivity contribution >= 4 is 0 Å². The molecule has 2 nitrogen and oxygen atoms in total. The van der Waals surface area contributed by atoms with E-state index >= 15 is 0 Å². The normalized spacial score (nSPS) is 18.6. The third kappa shape index (κ3) is 5.18. The molecule has 3 rings (SSSR count). The van der Waals surface area contributed by atoms with E-state index in [0.717, 1.165) is 24.8 Å². The van der Waals surface area contributed by atoms with E-state index in [1.54, 1.807) is 13.0 Å². The number of rotatable bonds is 8. The topological polar surface area (TPSA) is 18.5 Å². The van der Waals surface area contributed by atoms with Crippen LogP contribution in [-0.4, -0.2) is 13.0 Å². The van der Waals surface area contributed by atoms with Gasteiger partial charge in [-0.25, -0.2) is 0 Å². The molecule has 0 atom stereocenters. The summed E-state index contributed by atoms with van der Waals surface area (Å²) in [6, 6.07) is 3.49. The molecule has 0 unspecified atom stereocenters. The largest absolute Gasteiger partial charge is 0.573 e. The van der Waals surface area contributed by atoms with Gasteiger partial charge in [-0.3, -0.25) is 0 Å². The molecule has 1 aromatic carbocycles. The second-order valence-corrected chi connectivity index (χ2v) is 7.49. The van der Waals surface area contributed by atoms with Gasteiger partial charge in [-0.05, 0) is 74.5 Å². The van der Waals surface area contributed by atoms with Crippen molar-refractivity contribution in [3.05, 3.63) is 35.4 Å². The molecule has 2 saturated carbocycles. The molecule has 0 aliphatic heterocycles. The Labute approximate surface area is 153 Å². The molecule has 5 heteroatoms. The van der Waals surface area contributed by atoms with E-state index in [1.165, 1.54) is 25.7 Å². The maximum absolute atomic E-state index is 12.9. The highest BCUT2D eigenvalue weighted by atomic mass is 19.4. The number of ether oxygens (including phenoxy) is 2. The van der Waals surface area contributed by atoms with Gasteiger partial charge in [0.25, 0.3) is 0 Å². The number of aryl methyl sites for hydroxylation is 1. The minimum absolute atomic E-state index is 0.183. The van der Waals surface area contributed by atoms with Gasteiger partial charge in [0.05, 0.1) is 6.61 Å². The molecule has 0 amide bonds. The Morgan fingerprint density at radius 2 is 1.85 bits per heavy atom. The molecule has 0 bridgehead atoms. The lowest BCUT2D eigenvalue weighted by Gasteiger charge is -2.26. The van der Waals surface area contributed by atoms with E-state index in [9.17, 15) is 13.2 Å². The summed E-state index contributed by atoms with van der Waals surface area (Å²) >= 11 is 0. The van der Waals surface area contributed by atoms with Crippen molar-refractivity contribution in [2.45, 2.75) is 64.7 Å². The van der Waals surface area contributed by atoms with Crippen LogP contribution in [0.15, 0.2) is 24.3 Å². The van der Waals surface area contributed by atoms with Crippen molar-refractivity contribution in [2.24, 2.45) is 11.8 Å². The molecule has 0 saturated heterocycles. The predicted molar refractivity (Wildman–Crippen MR) is 95.5 cm³/mol. The fourth-order valence-corrected chi connectivity index (χ4v) is 3.36. The van der Waals surface area contributed by atoms with Crippen LogP contribution in [0.5, 0.6) is 11.5 Å². The highest BCUT2D eigenvalue weighted by molar-refractivity contribution is 5.50. The van der Waals surface area contributed by atoms with Gasteiger partial charge < -0.3 is 9.47 Å². The first-order valence-corrected chi connectivity index (χ1v) is 9.60. The molecule has 0 N–H and O–H groups in total. The van der Waals surface area contributed by atoms with Crippen LogP contribution in [0, 0.1) is 18.8 Å². The Balaban J connectivity index is 1.68. The van der Waals surface area contributed by atoms with E-state index in [1.807, 2.05) is 6.07 Å². The summed E-state index contributed by atoms with van der Waals surface area (Å²) in [4.78, 5) is 0. The van der Waals surface area contributed by atoms with Crippen LogP contribution in [0.25, 0.3) is 0 Å². The van der Waals surface area contributed by atoms with Crippen molar-refractivity contribution in [2.75, 3.05) is 6.61 Å². The summed E-state index contributed by atoms with van der Waals surface area (Å²) in [6.07, 6.45) is 8.34. The second kappa shape index (κ2) is 8.36. The summed E-state index contributed by atoms with van der Waals surface area (Å²) in [6.45, 7) is 2.14. The summed E-state index contributed by atoms with van der Waals surface area (Å²) in [7, 11) is 0. The Bertz CT molecular complexity index is 629. The fraction of sp³-hybridized carbons (Fsp3) is 0.619. The average molecular weight is 368 g/mol. The van der Waals surface area contributed by atoms with Gasteiger partial charge in [0, 0.05) is 0 Å². The van der Waals surface area contributed by atoms with Gasteiger partial charge in [0.15, 0.2) is 11.5 Å². The Kier molecular flexibility index (Phi) is 6.15. The van der Waals surface area contributed by atoms with Crippen molar-refractivity contribution in [3.63, 3.8) is 0 Å². The molecule has 0 heterocycles. The van der Waals surface area contributed by atoms with Gasteiger partial charge in [0.2, 0.25) is 0 Å². The molecule has 2 aliphatic carbocycles. The Morgan fingerprint density at radius 1 is 1.12 bits per heavy atom. The van der Waals surface area contributed by atoms with Gasteiger partial charge in [-0.1, -0.05) is 31.1 Å². The molecule has 0 spiro atoms. The summed E-state index contributed by atoms with van der Waals surface area (Å²) < 4.78 is 48.6. The Hall–Kier alpha value is -1.65. The predicted octanol–water partition coefficient (Wildman–Crippen LogP) is 6.36. The number of hydrogen-bond donors (Lipinski definition) is 0. The monoisotopic (exact) mass is 368 g/mol. The molecular formula is C21H27F3O2. The van der Waals surface area contributed by atoms with Crippen LogP contribution < -0.4 is 9.47 Å². The zero-order chi connectivity index (χ0) is 18.6. The third-order valence-corrected chi connectivity index (χ3v) is 5.54. The van der Waals surface area contributed by atoms with Crippen LogP contribution in [-0.2, 0) is 6.42 Å². The zero-order valence-electron chi connectivity index (χ0n) is 15.3. The van der Waals surface area contributed by atoms with Crippen molar-refractivity contribution < 1.29 is 22.6 Å². The third-order valence-electron chi connectivity index (χ3n) is 5.54. The fourth-order valence-electron chi connectivity index (χ4n) is 3.36. The SMILES string of the molecule is Cc1c(CC/C=C/C2CCC2)ccc(OCC2CCC2)c1OC(F)(F)F. The van der Waals surface area contributed by atoms with Gasteiger partial charge in [0.1, 0.15) is 0 Å². The van der Waals surface area contributed by atoms with E-state index in [4.69, 9.17) is 4.74 Å². The lowest BCUT2D eigenvalue weighted by molar-refractivity contribution is -0.275. The first-order chi connectivity index (χ1) is 12.4. The van der Waals surface area contributed by atoms with Crippen molar-refractivity contribution in [1.82, 2.24) is 0 Å². The number of hydrogen-bond acceptors (Lipinski definition) is 2. The number of alkyl halides is 3. The van der Waals surface area contributed by atoms with Crippen LogP contribution in [0.3, 0.4) is 0 Å². The molecule has 2 fully saturated rings. The van der Waals surface area contributed by atoms with Gasteiger partial charge >= 0.3 is 6.36 Å². The van der Waals surface area contributed by atoms with Crippen LogP contribution in [0.2, 0.25) is 0 Å².